The van der Waals surface area contributed by atoms with Gasteiger partial charge in [0, 0.05) is 7.05 Å². The molecule has 0 radical (unpaired) electrons. The Hall–Kier alpha value is -0.900. The van der Waals surface area contributed by atoms with Crippen molar-refractivity contribution in [2.75, 3.05) is 0 Å². The van der Waals surface area contributed by atoms with Crippen LogP contribution in [-0.4, -0.2) is 19.9 Å². The lowest BCUT2D eigenvalue weighted by Crippen LogP contribution is -2.07. The minimum Gasteiger partial charge on any atom is -0.385 e. The highest BCUT2D eigenvalue weighted by atomic mass is 16.3. The van der Waals surface area contributed by atoms with Gasteiger partial charge in [-0.25, -0.2) is 0 Å². The highest BCUT2D eigenvalue weighted by Crippen LogP contribution is 2.17. The minimum atomic E-state index is -0.488. The van der Waals surface area contributed by atoms with E-state index in [2.05, 4.69) is 24.0 Å². The summed E-state index contributed by atoms with van der Waals surface area (Å²) in [5.74, 6) is 1.11. The van der Waals surface area contributed by atoms with Crippen molar-refractivity contribution in [2.24, 2.45) is 13.0 Å². The fourth-order valence-corrected chi connectivity index (χ4v) is 1.15. The van der Waals surface area contributed by atoms with Gasteiger partial charge in [-0.3, -0.25) is 0 Å². The van der Waals surface area contributed by atoms with Gasteiger partial charge in [0.05, 0.1) is 0 Å². The molecule has 1 rings (SSSR count). The van der Waals surface area contributed by atoms with Gasteiger partial charge in [0.2, 0.25) is 0 Å². The largest absolute Gasteiger partial charge is 0.385 e. The molecule has 0 aliphatic heterocycles. The lowest BCUT2D eigenvalue weighted by atomic mass is 10.1. The third-order valence-electron chi connectivity index (χ3n) is 1.74. The van der Waals surface area contributed by atoms with Gasteiger partial charge in [-0.15, -0.1) is 10.2 Å². The Morgan fingerprint density at radius 2 is 2.25 bits per heavy atom. The summed E-state index contributed by atoms with van der Waals surface area (Å²) in [7, 11) is 1.83. The summed E-state index contributed by atoms with van der Waals surface area (Å²) in [5.41, 5.74) is 0. The van der Waals surface area contributed by atoms with Gasteiger partial charge in [-0.05, 0) is 12.3 Å². The minimum absolute atomic E-state index is 0.469. The predicted octanol–water partition coefficient (Wildman–Crippen LogP) is 0.895. The zero-order valence-electron chi connectivity index (χ0n) is 7.73. The van der Waals surface area contributed by atoms with Crippen molar-refractivity contribution < 1.29 is 5.11 Å². The Balaban J connectivity index is 2.65. The molecule has 1 atom stereocenters. The van der Waals surface area contributed by atoms with E-state index in [1.807, 2.05) is 7.05 Å². The summed E-state index contributed by atoms with van der Waals surface area (Å²) in [6, 6.07) is 0. The van der Waals surface area contributed by atoms with Crippen molar-refractivity contribution >= 4 is 0 Å². The molecular formula is C8H15N3O. The highest BCUT2D eigenvalue weighted by molar-refractivity contribution is 4.89. The van der Waals surface area contributed by atoms with Crippen molar-refractivity contribution in [3.8, 4) is 0 Å². The summed E-state index contributed by atoms with van der Waals surface area (Å²) >= 11 is 0. The number of aryl methyl sites for hydroxylation is 1. The molecule has 0 aromatic carbocycles. The number of hydrogen-bond donors (Lipinski definition) is 1. The summed E-state index contributed by atoms with van der Waals surface area (Å²) in [6.45, 7) is 4.14. The molecule has 0 saturated heterocycles. The molecule has 0 spiro atoms. The van der Waals surface area contributed by atoms with Crippen LogP contribution >= 0.6 is 0 Å². The van der Waals surface area contributed by atoms with Gasteiger partial charge in [-0.2, -0.15) is 0 Å². The van der Waals surface area contributed by atoms with E-state index in [-0.39, 0.29) is 0 Å². The monoisotopic (exact) mass is 169 g/mol. The van der Waals surface area contributed by atoms with E-state index in [0.717, 1.165) is 6.42 Å². The van der Waals surface area contributed by atoms with E-state index in [1.165, 1.54) is 0 Å². The fraction of sp³-hybridized carbons (Fsp3) is 0.750. The smallest absolute Gasteiger partial charge is 0.161 e. The van der Waals surface area contributed by atoms with E-state index >= 15 is 0 Å². The maximum Gasteiger partial charge on any atom is 0.161 e. The van der Waals surface area contributed by atoms with Crippen LogP contribution in [0.1, 0.15) is 32.2 Å². The molecule has 0 aliphatic rings. The Morgan fingerprint density at radius 1 is 1.58 bits per heavy atom. The van der Waals surface area contributed by atoms with Gasteiger partial charge < -0.3 is 9.67 Å². The standard InChI is InChI=1S/C8H15N3O/c1-6(2)4-7(12)8-10-9-5-11(8)3/h5-7,12H,4H2,1-3H3. The first-order valence-electron chi connectivity index (χ1n) is 4.13. The maximum absolute atomic E-state index is 9.64. The zero-order chi connectivity index (χ0) is 9.14. The van der Waals surface area contributed by atoms with Gasteiger partial charge in [-0.1, -0.05) is 13.8 Å². The summed E-state index contributed by atoms with van der Waals surface area (Å²) in [4.78, 5) is 0. The molecule has 4 heteroatoms. The Labute approximate surface area is 72.2 Å². The van der Waals surface area contributed by atoms with Crippen LogP contribution in [0.3, 0.4) is 0 Å². The average molecular weight is 169 g/mol. The van der Waals surface area contributed by atoms with Crippen LogP contribution < -0.4 is 0 Å². The molecule has 1 unspecified atom stereocenters. The number of aliphatic hydroxyl groups is 1. The molecule has 0 fully saturated rings. The molecule has 12 heavy (non-hydrogen) atoms. The molecule has 1 heterocycles. The Morgan fingerprint density at radius 3 is 2.67 bits per heavy atom. The molecule has 0 amide bonds. The van der Waals surface area contributed by atoms with Crippen molar-refractivity contribution in [1.82, 2.24) is 14.8 Å². The summed E-state index contributed by atoms with van der Waals surface area (Å²) in [6.07, 6.45) is 1.84. The van der Waals surface area contributed by atoms with Crippen LogP contribution in [0.4, 0.5) is 0 Å². The predicted molar refractivity (Wildman–Crippen MR) is 45.4 cm³/mol. The quantitative estimate of drug-likeness (QED) is 0.731. The molecule has 0 saturated carbocycles. The average Bonchev–Trinajstić information content (AvgIpc) is 2.33. The SMILES string of the molecule is CC(C)CC(O)c1nncn1C. The first kappa shape index (κ1) is 9.19. The second-order valence-electron chi connectivity index (χ2n) is 3.45. The number of aromatic nitrogens is 3. The van der Waals surface area contributed by atoms with Crippen LogP contribution in [0.25, 0.3) is 0 Å². The molecule has 1 aromatic heterocycles. The lowest BCUT2D eigenvalue weighted by Gasteiger charge is -2.11. The first-order chi connectivity index (χ1) is 5.61. The molecule has 1 N–H and O–H groups in total. The topological polar surface area (TPSA) is 50.9 Å². The van der Waals surface area contributed by atoms with Crippen LogP contribution in [0, 0.1) is 5.92 Å². The fourth-order valence-electron chi connectivity index (χ4n) is 1.15. The second kappa shape index (κ2) is 3.67. The van der Waals surface area contributed by atoms with E-state index in [0.29, 0.717) is 11.7 Å². The van der Waals surface area contributed by atoms with E-state index in [9.17, 15) is 5.11 Å². The normalized spacial score (nSPS) is 13.8. The van der Waals surface area contributed by atoms with Gasteiger partial charge in [0.1, 0.15) is 12.4 Å². The molecule has 4 nitrogen and oxygen atoms in total. The number of nitrogens with zero attached hydrogens (tertiary/aromatic N) is 3. The summed E-state index contributed by atoms with van der Waals surface area (Å²) in [5, 5.41) is 17.2. The van der Waals surface area contributed by atoms with Crippen molar-refractivity contribution in [1.29, 1.82) is 0 Å². The number of aliphatic hydroxyl groups excluding tert-OH is 1. The van der Waals surface area contributed by atoms with E-state index in [1.54, 1.807) is 10.9 Å². The second-order valence-corrected chi connectivity index (χ2v) is 3.45. The van der Waals surface area contributed by atoms with Gasteiger partial charge in [0.25, 0.3) is 0 Å². The van der Waals surface area contributed by atoms with Gasteiger partial charge in [0.15, 0.2) is 5.82 Å². The van der Waals surface area contributed by atoms with Crippen LogP contribution in [-0.2, 0) is 7.05 Å². The third-order valence-corrected chi connectivity index (χ3v) is 1.74. The van der Waals surface area contributed by atoms with Crippen molar-refractivity contribution in [2.45, 2.75) is 26.4 Å². The van der Waals surface area contributed by atoms with Crippen LogP contribution in [0.15, 0.2) is 6.33 Å². The third kappa shape index (κ3) is 2.04. The highest BCUT2D eigenvalue weighted by Gasteiger charge is 2.14. The molecule has 1 aromatic rings. The molecule has 68 valence electrons. The maximum atomic E-state index is 9.64. The van der Waals surface area contributed by atoms with E-state index < -0.39 is 6.10 Å². The summed E-state index contributed by atoms with van der Waals surface area (Å²) < 4.78 is 1.74. The van der Waals surface area contributed by atoms with Crippen molar-refractivity contribution in [3.05, 3.63) is 12.2 Å². The van der Waals surface area contributed by atoms with E-state index in [4.69, 9.17) is 0 Å². The number of hydrogen-bond acceptors (Lipinski definition) is 3. The Kier molecular flexibility index (Phi) is 2.81. The molecule has 0 bridgehead atoms. The first-order valence-corrected chi connectivity index (χ1v) is 4.13. The molecule has 0 aliphatic carbocycles. The Bertz CT molecular complexity index is 244. The zero-order valence-corrected chi connectivity index (χ0v) is 7.73. The molecular weight excluding hydrogens is 154 g/mol. The van der Waals surface area contributed by atoms with Gasteiger partial charge >= 0.3 is 0 Å². The van der Waals surface area contributed by atoms with Crippen LogP contribution in [0.5, 0.6) is 0 Å². The lowest BCUT2D eigenvalue weighted by molar-refractivity contribution is 0.138. The number of rotatable bonds is 3. The van der Waals surface area contributed by atoms with Crippen LogP contribution in [0.2, 0.25) is 0 Å². The van der Waals surface area contributed by atoms with Crippen molar-refractivity contribution in [3.63, 3.8) is 0 Å².